The van der Waals surface area contributed by atoms with Crippen LogP contribution in [0.4, 0.5) is 9.59 Å². The second-order valence-electron chi connectivity index (χ2n) is 15.1. The molecule has 4 atom stereocenters. The predicted octanol–water partition coefficient (Wildman–Crippen LogP) is 5.16. The minimum absolute atomic E-state index is 0.0646. The second-order valence-corrected chi connectivity index (χ2v) is 15.1. The van der Waals surface area contributed by atoms with E-state index in [1.807, 2.05) is 17.3 Å². The number of nitrogens with zero attached hydrogens (tertiary/aromatic N) is 4. The van der Waals surface area contributed by atoms with Gasteiger partial charge in [-0.25, -0.2) is 19.6 Å². The molecule has 5 fully saturated rings. The highest BCUT2D eigenvalue weighted by Gasteiger charge is 2.51. The van der Waals surface area contributed by atoms with Gasteiger partial charge in [-0.1, -0.05) is 24.3 Å². The molecule has 2 aromatic heterocycles. The number of amides is 4. The number of methoxy groups -OCH3 is 2. The molecule has 8 rings (SSSR count). The smallest absolute Gasteiger partial charge is 0.407 e. The first kappa shape index (κ1) is 35.5. The average Bonchev–Trinajstić information content (AvgIpc) is 4.01. The number of hydrogen-bond acceptors (Lipinski definition) is 8. The summed E-state index contributed by atoms with van der Waals surface area (Å²) in [6.45, 7) is 4.60. The van der Waals surface area contributed by atoms with Crippen molar-refractivity contribution in [2.45, 2.75) is 113 Å². The van der Waals surface area contributed by atoms with E-state index < -0.39 is 24.3 Å². The Bertz CT molecular complexity index is 1780. The van der Waals surface area contributed by atoms with E-state index in [1.165, 1.54) is 25.5 Å². The Kier molecular flexibility index (Phi) is 9.75. The van der Waals surface area contributed by atoms with Gasteiger partial charge in [0.1, 0.15) is 23.7 Å². The zero-order chi connectivity index (χ0) is 36.6. The van der Waals surface area contributed by atoms with Gasteiger partial charge < -0.3 is 39.9 Å². The van der Waals surface area contributed by atoms with Gasteiger partial charge in [-0.3, -0.25) is 9.59 Å². The molecule has 1 aromatic carbocycles. The summed E-state index contributed by atoms with van der Waals surface area (Å²) in [4.78, 5) is 70.0. The predicted molar refractivity (Wildman–Crippen MR) is 191 cm³/mol. The van der Waals surface area contributed by atoms with Crippen molar-refractivity contribution in [3.05, 3.63) is 59.6 Å². The van der Waals surface area contributed by atoms with Gasteiger partial charge >= 0.3 is 12.2 Å². The third-order valence-corrected chi connectivity index (χ3v) is 12.3. The molecule has 4 N–H and O–H groups in total. The van der Waals surface area contributed by atoms with Crippen LogP contribution in [0.1, 0.15) is 113 Å². The highest BCUT2D eigenvalue weighted by molar-refractivity contribution is 5.86. The van der Waals surface area contributed by atoms with Crippen LogP contribution in [0.3, 0.4) is 0 Å². The molecule has 4 amide bonds. The molecular weight excluding hydrogens is 664 g/mol. The van der Waals surface area contributed by atoms with Gasteiger partial charge in [0.15, 0.2) is 0 Å². The summed E-state index contributed by atoms with van der Waals surface area (Å²) < 4.78 is 9.34. The first-order valence-corrected chi connectivity index (χ1v) is 18.6. The van der Waals surface area contributed by atoms with Crippen LogP contribution in [0.2, 0.25) is 0 Å². The Hall–Kier alpha value is -4.88. The van der Waals surface area contributed by atoms with Gasteiger partial charge in [-0.15, -0.1) is 0 Å². The fourth-order valence-electron chi connectivity index (χ4n) is 9.18. The number of nitrogens with one attached hydrogen (secondary N) is 4. The number of carbonyl (C=O) groups excluding carboxylic acids is 4. The molecule has 4 heterocycles. The molecule has 2 aliphatic heterocycles. The van der Waals surface area contributed by atoms with E-state index in [9.17, 15) is 19.2 Å². The van der Waals surface area contributed by atoms with Gasteiger partial charge in [-0.2, -0.15) is 0 Å². The van der Waals surface area contributed by atoms with E-state index >= 15 is 0 Å². The highest BCUT2D eigenvalue weighted by Crippen LogP contribution is 2.58. The summed E-state index contributed by atoms with van der Waals surface area (Å²) in [5.41, 5.74) is 4.74. The fraction of sp³-hybridized carbons (Fsp3) is 0.579. The van der Waals surface area contributed by atoms with Gasteiger partial charge in [-0.05, 0) is 94.6 Å². The Morgan fingerprint density at radius 3 is 1.73 bits per heavy atom. The summed E-state index contributed by atoms with van der Waals surface area (Å²) in [6, 6.07) is 7.23. The van der Waals surface area contributed by atoms with E-state index in [2.05, 4.69) is 59.3 Å². The zero-order valence-electron chi connectivity index (χ0n) is 30.5. The van der Waals surface area contributed by atoms with Crippen molar-refractivity contribution in [2.75, 3.05) is 27.3 Å². The summed E-state index contributed by atoms with van der Waals surface area (Å²) in [5.74, 6) is 1.30. The first-order chi connectivity index (χ1) is 25.1. The van der Waals surface area contributed by atoms with E-state index in [-0.39, 0.29) is 34.7 Å². The maximum absolute atomic E-state index is 13.2. The number of rotatable bonds is 9. The molecule has 3 saturated carbocycles. The topological polar surface area (TPSA) is 175 Å². The molecule has 3 aliphatic carbocycles. The molecule has 3 aromatic rings. The van der Waals surface area contributed by atoms with Crippen molar-refractivity contribution < 1.29 is 28.7 Å². The molecule has 52 heavy (non-hydrogen) atoms. The number of likely N-dealkylation sites (tertiary alicyclic amines) is 2. The van der Waals surface area contributed by atoms with Crippen LogP contribution >= 0.6 is 0 Å². The number of ether oxygens (including phenoxy) is 2. The molecule has 14 nitrogen and oxygen atoms in total. The lowest BCUT2D eigenvalue weighted by molar-refractivity contribution is -0.134. The van der Waals surface area contributed by atoms with Crippen LogP contribution in [0, 0.1) is 0 Å². The summed E-state index contributed by atoms with van der Waals surface area (Å²) in [7, 11) is 2.57. The molecular formula is C38H50N8O6. The third-order valence-electron chi connectivity index (χ3n) is 12.3. The maximum Gasteiger partial charge on any atom is 0.407 e. The minimum Gasteiger partial charge on any atom is -0.453 e. The zero-order valence-corrected chi connectivity index (χ0v) is 30.5. The minimum atomic E-state index is -0.691. The van der Waals surface area contributed by atoms with Crippen molar-refractivity contribution in [2.24, 2.45) is 0 Å². The number of hydrogen-bond donors (Lipinski definition) is 4. The lowest BCUT2D eigenvalue weighted by atomic mass is 9.51. The van der Waals surface area contributed by atoms with E-state index in [1.54, 1.807) is 18.7 Å². The lowest BCUT2D eigenvalue weighted by Crippen LogP contribution is -2.47. The van der Waals surface area contributed by atoms with Crippen molar-refractivity contribution in [1.82, 2.24) is 40.4 Å². The number of aromatic nitrogens is 4. The van der Waals surface area contributed by atoms with Crippen LogP contribution in [-0.4, -0.2) is 93.1 Å². The van der Waals surface area contributed by atoms with Crippen molar-refractivity contribution in [1.29, 1.82) is 0 Å². The second kappa shape index (κ2) is 14.3. The van der Waals surface area contributed by atoms with Crippen LogP contribution in [0.15, 0.2) is 36.7 Å². The molecule has 0 radical (unpaired) electrons. The number of alkyl carbamates (subject to hydrolysis) is 2. The standard InChI is InChI=1S/C38H50N8O6/c1-23(41-35(49)51-3)33(47)45-19-5-7-28(45)31-39-21-27(43-31)25-9-11-26(12-10-25)37-13-16-38(17-14-37,18-15-37)30-22-40-32(44-30)29-8-6-20-46(29)34(48)24(2)42-36(50)52-4/h9-12,21-24,28-29H,5-8,13-20H2,1-4H3,(H,39,43)(H,40,44)(H,41,49)(H,42,50)/t23-,24-,28+,29+,37?,38?/m1/s1. The highest BCUT2D eigenvalue weighted by atomic mass is 16.5. The van der Waals surface area contributed by atoms with Crippen molar-refractivity contribution >= 4 is 24.0 Å². The molecule has 0 spiro atoms. The van der Waals surface area contributed by atoms with Crippen molar-refractivity contribution in [3.8, 4) is 11.3 Å². The maximum atomic E-state index is 13.2. The number of fused-ring (bicyclic) bond motifs is 3. The quantitative estimate of drug-likeness (QED) is 0.235. The number of imidazole rings is 2. The molecule has 2 saturated heterocycles. The fourth-order valence-corrected chi connectivity index (χ4v) is 9.18. The first-order valence-electron chi connectivity index (χ1n) is 18.6. The van der Waals surface area contributed by atoms with Gasteiger partial charge in [0, 0.05) is 30.4 Å². The largest absolute Gasteiger partial charge is 0.453 e. The average molecular weight is 715 g/mol. The van der Waals surface area contributed by atoms with Crippen molar-refractivity contribution in [3.63, 3.8) is 0 Å². The molecule has 5 aliphatic rings. The summed E-state index contributed by atoms with van der Waals surface area (Å²) >= 11 is 0. The third kappa shape index (κ3) is 6.51. The van der Waals surface area contributed by atoms with E-state index in [0.29, 0.717) is 13.1 Å². The van der Waals surface area contributed by atoms with Gasteiger partial charge in [0.2, 0.25) is 11.8 Å². The SMILES string of the molecule is COC(=O)N[C@H](C)C(=O)N1CCC[C@H]1c1ncc(-c2ccc(C34CCC(c5cnc([C@@H]6CCCN6C(=O)[C@@H](C)NC(=O)OC)[nH]5)(CC3)CC4)cc2)[nH]1. The monoisotopic (exact) mass is 714 g/mol. The molecule has 0 unspecified atom stereocenters. The molecule has 14 heteroatoms. The lowest BCUT2D eigenvalue weighted by Gasteiger charge is -2.53. The van der Waals surface area contributed by atoms with Crippen LogP contribution in [0.5, 0.6) is 0 Å². The number of benzene rings is 1. The number of carbonyl (C=O) groups is 4. The Morgan fingerprint density at radius 2 is 1.21 bits per heavy atom. The van der Waals surface area contributed by atoms with Gasteiger partial charge in [0.25, 0.3) is 0 Å². The van der Waals surface area contributed by atoms with Crippen LogP contribution in [-0.2, 0) is 29.9 Å². The summed E-state index contributed by atoms with van der Waals surface area (Å²) in [5, 5.41) is 5.17. The van der Waals surface area contributed by atoms with Gasteiger partial charge in [0.05, 0.1) is 38.2 Å². The number of aromatic amines is 2. The normalized spacial score (nSPS) is 26.5. The Balaban J connectivity index is 0.984. The van der Waals surface area contributed by atoms with E-state index in [0.717, 1.165) is 87.1 Å². The number of H-pyrrole nitrogens is 2. The molecule has 2 bridgehead atoms. The van der Waals surface area contributed by atoms with Crippen LogP contribution < -0.4 is 10.6 Å². The Labute approximate surface area is 303 Å². The summed E-state index contributed by atoms with van der Waals surface area (Å²) in [6.07, 6.45) is 12.6. The van der Waals surface area contributed by atoms with Crippen LogP contribution in [0.25, 0.3) is 11.3 Å². The Morgan fingerprint density at radius 1 is 0.731 bits per heavy atom. The van der Waals surface area contributed by atoms with E-state index in [4.69, 9.17) is 4.98 Å². The molecule has 278 valence electrons.